The number of phosphoric acid groups is 3. The molecule has 0 radical (unpaired) electrons. The second-order valence-electron chi connectivity index (χ2n) is 14.2. The second kappa shape index (κ2) is 20.9. The topological polar surface area (TPSA) is 370 Å². The highest BCUT2D eigenvalue weighted by Crippen LogP contribution is 2.61. The Bertz CT molecular complexity index is 2240. The zero-order valence-electron chi connectivity index (χ0n) is 32.9. The van der Waals surface area contributed by atoms with Gasteiger partial charge in [0.15, 0.2) is 17.7 Å². The first kappa shape index (κ1) is 49.3. The van der Waals surface area contributed by atoms with Crippen LogP contribution in [-0.2, 0) is 50.7 Å². The minimum absolute atomic E-state index is 0.0283. The highest BCUT2D eigenvalue weighted by atomic mass is 32.2. The van der Waals surface area contributed by atoms with Crippen LogP contribution in [0.2, 0.25) is 0 Å². The molecular weight excluding hydrogens is 907 g/mol. The third-order valence-corrected chi connectivity index (χ3v) is 12.9. The van der Waals surface area contributed by atoms with E-state index in [-0.39, 0.29) is 48.2 Å². The van der Waals surface area contributed by atoms with Crippen LogP contribution in [0, 0.1) is 5.41 Å². The molecule has 62 heavy (non-hydrogen) atoms. The largest absolute Gasteiger partial charge is 0.481 e. The summed E-state index contributed by atoms with van der Waals surface area (Å²) in [7, 11) is -16.4. The number of aliphatic hydroxyl groups excluding tert-OH is 2. The molecule has 5 rings (SSSR count). The lowest BCUT2D eigenvalue weighted by atomic mass is 9.87. The van der Waals surface area contributed by atoms with Gasteiger partial charge in [-0.15, -0.1) is 0 Å². The van der Waals surface area contributed by atoms with E-state index in [2.05, 4.69) is 34.4 Å². The van der Waals surface area contributed by atoms with E-state index in [0.29, 0.717) is 12.3 Å². The molecule has 2 aliphatic heterocycles. The number of fused-ring (bicyclic) bond motifs is 1. The summed E-state index contributed by atoms with van der Waals surface area (Å²) in [6.07, 6.45) is -3.15. The lowest BCUT2D eigenvalue weighted by Gasteiger charge is -2.30. The number of para-hydroxylation sites is 1. The van der Waals surface area contributed by atoms with Crippen molar-refractivity contribution in [2.24, 2.45) is 5.41 Å². The molecule has 4 heterocycles. The van der Waals surface area contributed by atoms with Crippen molar-refractivity contribution in [1.29, 1.82) is 0 Å². The zero-order chi connectivity index (χ0) is 45.5. The Balaban J connectivity index is 1.02. The number of carbonyl (C=O) groups is 3. The van der Waals surface area contributed by atoms with Gasteiger partial charge in [0.1, 0.15) is 36.3 Å². The van der Waals surface area contributed by atoms with Gasteiger partial charge in [0.25, 0.3) is 0 Å². The Labute approximate surface area is 357 Å². The fraction of sp³-hybridized carbons (Fsp3) is 0.500. The van der Waals surface area contributed by atoms with Crippen LogP contribution in [0.5, 0.6) is 0 Å². The van der Waals surface area contributed by atoms with Crippen molar-refractivity contribution in [3.05, 3.63) is 55.3 Å². The quantitative estimate of drug-likeness (QED) is 0.0469. The van der Waals surface area contributed by atoms with Gasteiger partial charge < -0.3 is 50.9 Å². The summed E-state index contributed by atoms with van der Waals surface area (Å²) < 4.78 is 62.3. The van der Waals surface area contributed by atoms with Crippen molar-refractivity contribution in [3.8, 4) is 0 Å². The lowest BCUT2D eigenvalue weighted by Crippen LogP contribution is -2.46. The van der Waals surface area contributed by atoms with Crippen LogP contribution in [0.3, 0.4) is 0 Å². The van der Waals surface area contributed by atoms with Gasteiger partial charge >= 0.3 is 23.5 Å². The Morgan fingerprint density at radius 3 is 2.45 bits per heavy atom. The number of aliphatic hydroxyl groups is 2. The predicted molar refractivity (Wildman–Crippen MR) is 217 cm³/mol. The van der Waals surface area contributed by atoms with Gasteiger partial charge in [-0.3, -0.25) is 37.5 Å². The summed E-state index contributed by atoms with van der Waals surface area (Å²) in [6.45, 7) is 1.16. The van der Waals surface area contributed by atoms with Crippen molar-refractivity contribution in [2.75, 3.05) is 55.9 Å². The number of hydrogen-bond acceptors (Lipinski definition) is 20. The number of benzene rings is 1. The molecule has 3 aromatic rings. The highest BCUT2D eigenvalue weighted by Gasteiger charge is 2.50. The summed E-state index contributed by atoms with van der Waals surface area (Å²) in [5, 5.41) is 30.2. The van der Waals surface area contributed by atoms with Gasteiger partial charge in [-0.25, -0.2) is 33.7 Å². The van der Waals surface area contributed by atoms with Gasteiger partial charge in [-0.2, -0.15) is 4.31 Å². The molecule has 2 amide bonds. The number of nitrogens with two attached hydrogens (primary N) is 1. The summed E-state index contributed by atoms with van der Waals surface area (Å²) in [6, 6.07) is 9.54. The van der Waals surface area contributed by atoms with Crippen molar-refractivity contribution in [1.82, 2.24) is 35.2 Å². The lowest BCUT2D eigenvalue weighted by molar-refractivity contribution is -0.137. The molecule has 2 unspecified atom stereocenters. The number of anilines is 2. The van der Waals surface area contributed by atoms with E-state index in [4.69, 9.17) is 19.5 Å². The minimum Gasteiger partial charge on any atom is -0.386 e. The molecule has 7 atom stereocenters. The fourth-order valence-electron chi connectivity index (χ4n) is 5.91. The maximum atomic E-state index is 12.7. The van der Waals surface area contributed by atoms with E-state index in [9.17, 15) is 57.9 Å². The van der Waals surface area contributed by atoms with E-state index < -0.39 is 84.6 Å². The molecular formula is C32H46N9O17P3S. The van der Waals surface area contributed by atoms with Gasteiger partial charge in [0.05, 0.1) is 31.8 Å². The van der Waals surface area contributed by atoms with Crippen molar-refractivity contribution in [3.63, 3.8) is 0 Å². The number of hydrazine groups is 1. The van der Waals surface area contributed by atoms with E-state index in [0.717, 1.165) is 34.7 Å². The van der Waals surface area contributed by atoms with Crippen LogP contribution in [0.25, 0.3) is 11.2 Å². The normalized spacial score (nSPS) is 22.0. The Morgan fingerprint density at radius 2 is 1.74 bits per heavy atom. The highest BCUT2D eigenvalue weighted by molar-refractivity contribution is 8.13. The molecule has 1 fully saturated rings. The van der Waals surface area contributed by atoms with Crippen LogP contribution >= 0.6 is 35.2 Å². The first-order valence-electron chi connectivity index (χ1n) is 18.4. The zero-order valence-corrected chi connectivity index (χ0v) is 36.4. The van der Waals surface area contributed by atoms with Gasteiger partial charge in [-0.1, -0.05) is 49.9 Å². The third kappa shape index (κ3) is 13.6. The number of hydrogen-bond donors (Lipinski definition) is 9. The molecule has 1 aromatic carbocycles. The number of ether oxygens (including phenoxy) is 1. The number of imidazole rings is 1. The van der Waals surface area contributed by atoms with E-state index in [1.54, 1.807) is 0 Å². The fourth-order valence-corrected chi connectivity index (χ4v) is 9.41. The number of carbonyl (C=O) groups excluding carboxylic acids is 3. The van der Waals surface area contributed by atoms with E-state index in [1.807, 2.05) is 52.6 Å². The molecule has 1 saturated heterocycles. The summed E-state index contributed by atoms with van der Waals surface area (Å²) in [5.41, 5.74) is 5.17. The summed E-state index contributed by atoms with van der Waals surface area (Å²) in [4.78, 5) is 88.6. The van der Waals surface area contributed by atoms with Crippen LogP contribution < -0.4 is 21.4 Å². The van der Waals surface area contributed by atoms with Gasteiger partial charge in [-0.05, 0) is 12.1 Å². The number of nitrogens with one attached hydrogen (secondary N) is 2. The minimum atomic E-state index is -5.58. The monoisotopic (exact) mass is 953 g/mol. The number of amides is 2. The average molecular weight is 954 g/mol. The molecule has 342 valence electrons. The number of rotatable bonds is 22. The third-order valence-electron chi connectivity index (χ3n) is 8.96. The van der Waals surface area contributed by atoms with Crippen molar-refractivity contribution in [2.45, 2.75) is 50.9 Å². The van der Waals surface area contributed by atoms with E-state index in [1.165, 1.54) is 13.8 Å². The Kier molecular flexibility index (Phi) is 16.6. The second-order valence-corrected chi connectivity index (χ2v) is 19.6. The van der Waals surface area contributed by atoms with Crippen molar-refractivity contribution >= 4 is 74.8 Å². The molecule has 26 nitrogen and oxygen atoms in total. The first-order chi connectivity index (χ1) is 29.1. The number of phosphoric ester groups is 3. The SMILES string of the molecule is CC(C)(COP(=O)(O)OP(=O)(O)OC[C@H]1O[C@@H](n2cnc3c(N)ncnc32)[C@H](O)[C@@H]1OP(=O)(O)O)[C@@H](O)C(=O)NCCC(=O)NCCSC(=O)CN1CC=CN1c1ccccc1. The molecule has 2 aliphatic rings. The molecule has 30 heteroatoms. The van der Waals surface area contributed by atoms with Gasteiger partial charge in [0.2, 0.25) is 16.9 Å². The van der Waals surface area contributed by atoms with E-state index >= 15 is 0 Å². The number of nitrogen functional groups attached to an aromatic ring is 1. The number of nitrogens with zero attached hydrogens (tertiary/aromatic N) is 6. The summed E-state index contributed by atoms with van der Waals surface area (Å²) >= 11 is 1.06. The van der Waals surface area contributed by atoms with Crippen LogP contribution in [-0.4, -0.2) is 141 Å². The summed E-state index contributed by atoms with van der Waals surface area (Å²) in [5.74, 6) is -1.17. The molecule has 0 aliphatic carbocycles. The Hall–Kier alpha value is -3.72. The number of thioether (sulfide) groups is 1. The molecule has 10 N–H and O–H groups in total. The molecule has 0 saturated carbocycles. The standard InChI is InChI=1S/C32H46N9O17P3S/c1-32(2,27(45)30(46)35-10-9-22(42)34-11-14-62-23(43)15-39-12-6-13-41(39)20-7-4-3-5-8-20)17-55-61(52,53)58-60(50,51)54-16-21-26(57-59(47,48)49)25(44)31(56-21)40-19-38-24-28(33)36-18-37-29(24)40/h3-8,13,18-19,21,25-27,31,44-45H,9-12,14-17H2,1-2H3,(H,34,42)(H,35,46)(H,50,51)(H,52,53)(H2,33,36,37)(H2,47,48,49)/t21-,25-,26-,27+,31-/m1/s1. The van der Waals surface area contributed by atoms with Crippen molar-refractivity contribution < 1.29 is 80.5 Å². The van der Waals surface area contributed by atoms with Gasteiger partial charge in [0, 0.05) is 43.4 Å². The average Bonchev–Trinajstić information content (AvgIpc) is 3.92. The molecule has 0 spiro atoms. The maximum absolute atomic E-state index is 12.7. The van der Waals surface area contributed by atoms with Crippen LogP contribution in [0.1, 0.15) is 26.5 Å². The molecule has 2 aromatic heterocycles. The smallest absolute Gasteiger partial charge is 0.386 e. The number of aromatic nitrogens is 4. The first-order valence-corrected chi connectivity index (χ1v) is 23.9. The molecule has 0 bridgehead atoms. The Morgan fingerprint density at radius 1 is 1.03 bits per heavy atom. The maximum Gasteiger partial charge on any atom is 0.481 e. The van der Waals surface area contributed by atoms with Crippen LogP contribution in [0.4, 0.5) is 11.5 Å². The van der Waals surface area contributed by atoms with Crippen LogP contribution in [0.15, 0.2) is 55.3 Å². The predicted octanol–water partition coefficient (Wildman–Crippen LogP) is -0.0844.